The third-order valence-electron chi connectivity index (χ3n) is 2.54. The molecule has 0 aliphatic rings. The molecule has 0 N–H and O–H groups in total. The molecule has 0 aliphatic heterocycles. The maximum Gasteiger partial charge on any atom is 0.247 e. The summed E-state index contributed by atoms with van der Waals surface area (Å²) in [6.45, 7) is 1.02. The number of rotatable bonds is 5. The van der Waals surface area contributed by atoms with Gasteiger partial charge in [-0.3, -0.25) is 9.48 Å². The van der Waals surface area contributed by atoms with Crippen molar-refractivity contribution in [2.75, 3.05) is 13.7 Å². The van der Waals surface area contributed by atoms with E-state index in [2.05, 4.69) is 26.0 Å². The highest BCUT2D eigenvalue weighted by Gasteiger charge is 2.21. The van der Waals surface area contributed by atoms with Crippen molar-refractivity contribution in [3.63, 3.8) is 0 Å². The Labute approximate surface area is 113 Å². The molecule has 0 aliphatic carbocycles. The van der Waals surface area contributed by atoms with Crippen molar-refractivity contribution < 1.29 is 9.53 Å². The number of carbonyl (C=O) groups is 1. The average Bonchev–Trinajstić information content (AvgIpc) is 2.92. The number of ether oxygens (including phenoxy) is 1. The largest absolute Gasteiger partial charge is 0.383 e. The first-order valence-corrected chi connectivity index (χ1v) is 6.16. The number of carbonyl (C=O) groups excluding carboxylic acids is 1. The summed E-state index contributed by atoms with van der Waals surface area (Å²) in [7, 11) is 3.39. The summed E-state index contributed by atoms with van der Waals surface area (Å²) in [5, 5.41) is 4.15. The number of nitrogens with zero attached hydrogens (tertiary/aromatic N) is 4. The third-order valence-corrected chi connectivity index (χ3v) is 3.12. The van der Waals surface area contributed by atoms with Gasteiger partial charge in [0.05, 0.1) is 23.8 Å². The van der Waals surface area contributed by atoms with E-state index in [1.165, 1.54) is 0 Å². The van der Waals surface area contributed by atoms with Crippen molar-refractivity contribution in [2.45, 2.75) is 6.54 Å². The monoisotopic (exact) mass is 312 g/mol. The van der Waals surface area contributed by atoms with Gasteiger partial charge in [-0.25, -0.2) is 4.98 Å². The molecule has 2 heterocycles. The van der Waals surface area contributed by atoms with Crippen LogP contribution in [0.25, 0.3) is 0 Å². The Morgan fingerprint density at radius 1 is 1.56 bits per heavy atom. The van der Waals surface area contributed by atoms with Gasteiger partial charge in [-0.1, -0.05) is 0 Å². The average molecular weight is 313 g/mol. The van der Waals surface area contributed by atoms with Gasteiger partial charge >= 0.3 is 0 Å². The molecule has 7 heteroatoms. The Balaban J connectivity index is 2.35. The molecular weight excluding hydrogens is 300 g/mol. The molecule has 0 radical (unpaired) electrons. The van der Waals surface area contributed by atoms with Crippen molar-refractivity contribution in [1.82, 2.24) is 19.3 Å². The lowest BCUT2D eigenvalue weighted by Crippen LogP contribution is -2.17. The number of ketones is 1. The molecule has 0 atom stereocenters. The van der Waals surface area contributed by atoms with E-state index in [1.54, 1.807) is 42.0 Å². The maximum atomic E-state index is 12.4. The van der Waals surface area contributed by atoms with Gasteiger partial charge in [0.2, 0.25) is 5.78 Å². The smallest absolute Gasteiger partial charge is 0.247 e. The van der Waals surface area contributed by atoms with Crippen LogP contribution in [0, 0.1) is 0 Å². The summed E-state index contributed by atoms with van der Waals surface area (Å²) in [5.74, 6) is 0.220. The summed E-state index contributed by atoms with van der Waals surface area (Å²) >= 11 is 3.34. The van der Waals surface area contributed by atoms with Gasteiger partial charge in [0, 0.05) is 26.6 Å². The molecule has 2 aromatic rings. The quantitative estimate of drug-likeness (QED) is 0.780. The minimum Gasteiger partial charge on any atom is -0.383 e. The normalized spacial score (nSPS) is 10.8. The molecule has 2 rings (SSSR count). The van der Waals surface area contributed by atoms with E-state index in [0.29, 0.717) is 29.1 Å². The molecule has 6 nitrogen and oxygen atoms in total. The van der Waals surface area contributed by atoms with Gasteiger partial charge in [0.15, 0.2) is 5.82 Å². The standard InChI is InChI=1S/C11H13BrN4O2/c1-15-4-3-13-11(15)10(17)9-8(12)7-14-16(9)5-6-18-2/h3-4,7H,5-6H2,1-2H3. The predicted octanol–water partition coefficient (Wildman–Crippen LogP) is 1.26. The zero-order valence-corrected chi connectivity index (χ0v) is 11.7. The van der Waals surface area contributed by atoms with Crippen LogP contribution >= 0.6 is 15.9 Å². The fraction of sp³-hybridized carbons (Fsp3) is 0.364. The van der Waals surface area contributed by atoms with Crippen LogP contribution < -0.4 is 0 Å². The molecule has 0 bridgehead atoms. The topological polar surface area (TPSA) is 61.9 Å². The fourth-order valence-corrected chi connectivity index (χ4v) is 2.10. The lowest BCUT2D eigenvalue weighted by atomic mass is 10.2. The molecule has 0 aromatic carbocycles. The molecular formula is C11H13BrN4O2. The van der Waals surface area contributed by atoms with Gasteiger partial charge in [-0.05, 0) is 15.9 Å². The lowest BCUT2D eigenvalue weighted by Gasteiger charge is -2.06. The van der Waals surface area contributed by atoms with Gasteiger partial charge < -0.3 is 9.30 Å². The summed E-state index contributed by atoms with van der Waals surface area (Å²) < 4.78 is 8.95. The summed E-state index contributed by atoms with van der Waals surface area (Å²) in [6, 6.07) is 0. The minimum atomic E-state index is -0.164. The highest BCUT2D eigenvalue weighted by atomic mass is 79.9. The van der Waals surface area contributed by atoms with Gasteiger partial charge in [0.1, 0.15) is 5.69 Å². The Bertz CT molecular complexity index is 561. The molecule has 18 heavy (non-hydrogen) atoms. The Morgan fingerprint density at radius 2 is 2.33 bits per heavy atom. The number of halogens is 1. The number of imidazole rings is 1. The Hall–Kier alpha value is -1.47. The van der Waals surface area contributed by atoms with Crippen molar-refractivity contribution >= 4 is 21.7 Å². The second-order valence-electron chi connectivity index (χ2n) is 3.75. The van der Waals surface area contributed by atoms with E-state index >= 15 is 0 Å². The third kappa shape index (κ3) is 2.37. The van der Waals surface area contributed by atoms with Crippen LogP contribution in [-0.4, -0.2) is 38.8 Å². The van der Waals surface area contributed by atoms with E-state index in [1.807, 2.05) is 0 Å². The van der Waals surface area contributed by atoms with Crippen molar-refractivity contribution in [1.29, 1.82) is 0 Å². The van der Waals surface area contributed by atoms with Gasteiger partial charge in [-0.15, -0.1) is 0 Å². The summed E-state index contributed by atoms with van der Waals surface area (Å²) in [6.07, 6.45) is 4.93. The van der Waals surface area contributed by atoms with E-state index in [0.717, 1.165) is 0 Å². The lowest BCUT2D eigenvalue weighted by molar-refractivity contribution is 0.101. The van der Waals surface area contributed by atoms with Crippen LogP contribution in [0.5, 0.6) is 0 Å². The van der Waals surface area contributed by atoms with Crippen LogP contribution in [0.3, 0.4) is 0 Å². The van der Waals surface area contributed by atoms with Crippen LogP contribution in [0.15, 0.2) is 23.1 Å². The summed E-state index contributed by atoms with van der Waals surface area (Å²) in [4.78, 5) is 16.4. The first kappa shape index (κ1) is 13.0. The molecule has 0 saturated carbocycles. The SMILES string of the molecule is COCCn1ncc(Br)c1C(=O)c1nccn1C. The molecule has 0 spiro atoms. The van der Waals surface area contributed by atoms with Crippen LogP contribution in [0.4, 0.5) is 0 Å². The number of hydrogen-bond acceptors (Lipinski definition) is 4. The van der Waals surface area contributed by atoms with E-state index in [9.17, 15) is 4.79 Å². The van der Waals surface area contributed by atoms with Crippen LogP contribution in [0.1, 0.15) is 16.3 Å². The molecule has 0 saturated heterocycles. The minimum absolute atomic E-state index is 0.164. The Kier molecular flexibility index (Phi) is 3.93. The molecule has 0 amide bonds. The maximum absolute atomic E-state index is 12.4. The fourth-order valence-electron chi connectivity index (χ4n) is 1.63. The number of methoxy groups -OCH3 is 1. The number of aryl methyl sites for hydroxylation is 1. The second-order valence-corrected chi connectivity index (χ2v) is 4.60. The Morgan fingerprint density at radius 3 is 2.94 bits per heavy atom. The number of hydrogen-bond donors (Lipinski definition) is 0. The van der Waals surface area contributed by atoms with E-state index in [-0.39, 0.29) is 5.78 Å². The van der Waals surface area contributed by atoms with Crippen LogP contribution in [0.2, 0.25) is 0 Å². The summed E-state index contributed by atoms with van der Waals surface area (Å²) in [5.41, 5.74) is 0.487. The van der Waals surface area contributed by atoms with E-state index in [4.69, 9.17) is 4.74 Å². The van der Waals surface area contributed by atoms with Crippen molar-refractivity contribution in [3.8, 4) is 0 Å². The predicted molar refractivity (Wildman–Crippen MR) is 68.4 cm³/mol. The van der Waals surface area contributed by atoms with Crippen molar-refractivity contribution in [2.24, 2.45) is 7.05 Å². The van der Waals surface area contributed by atoms with Crippen molar-refractivity contribution in [3.05, 3.63) is 34.6 Å². The zero-order valence-electron chi connectivity index (χ0n) is 10.1. The highest BCUT2D eigenvalue weighted by molar-refractivity contribution is 9.10. The van der Waals surface area contributed by atoms with E-state index < -0.39 is 0 Å². The molecule has 0 fully saturated rings. The first-order valence-electron chi connectivity index (χ1n) is 5.37. The number of aromatic nitrogens is 4. The zero-order chi connectivity index (χ0) is 13.1. The molecule has 96 valence electrons. The van der Waals surface area contributed by atoms with Gasteiger partial charge in [-0.2, -0.15) is 5.10 Å². The molecule has 2 aromatic heterocycles. The first-order chi connectivity index (χ1) is 8.65. The molecule has 0 unspecified atom stereocenters. The highest BCUT2D eigenvalue weighted by Crippen LogP contribution is 2.19. The van der Waals surface area contributed by atoms with Gasteiger partial charge in [0.25, 0.3) is 0 Å². The van der Waals surface area contributed by atoms with Crippen LogP contribution in [-0.2, 0) is 18.3 Å². The second kappa shape index (κ2) is 5.45.